The Morgan fingerprint density at radius 1 is 1.40 bits per heavy atom. The van der Waals surface area contributed by atoms with Gasteiger partial charge in [0.15, 0.2) is 0 Å². The Morgan fingerprint density at radius 2 is 2.13 bits per heavy atom. The number of aryl methyl sites for hydroxylation is 1. The third kappa shape index (κ3) is 1.64. The molecule has 1 unspecified atom stereocenters. The van der Waals surface area contributed by atoms with E-state index in [1.54, 1.807) is 6.92 Å². The Morgan fingerprint density at radius 3 is 2.80 bits per heavy atom. The number of hydrogen-bond donors (Lipinski definition) is 2. The second-order valence-electron chi connectivity index (χ2n) is 4.18. The van der Waals surface area contributed by atoms with E-state index in [2.05, 4.69) is 4.57 Å². The van der Waals surface area contributed by atoms with Crippen LogP contribution in [0.25, 0.3) is 10.9 Å². The molecule has 0 fully saturated rings. The van der Waals surface area contributed by atoms with Crippen LogP contribution in [-0.2, 0) is 12.6 Å². The molecule has 1 heterocycles. The van der Waals surface area contributed by atoms with Crippen LogP contribution < -0.4 is 5.73 Å². The first-order valence-electron chi connectivity index (χ1n) is 5.02. The second kappa shape index (κ2) is 3.36. The maximum absolute atomic E-state index is 10.0. The molecule has 0 saturated heterocycles. The maximum atomic E-state index is 10.0. The van der Waals surface area contributed by atoms with Crippen LogP contribution in [-0.4, -0.2) is 16.2 Å². The van der Waals surface area contributed by atoms with Gasteiger partial charge in [0.2, 0.25) is 0 Å². The molecule has 15 heavy (non-hydrogen) atoms. The minimum atomic E-state index is -0.940. The molecule has 1 atom stereocenters. The van der Waals surface area contributed by atoms with Crippen molar-refractivity contribution in [2.24, 2.45) is 12.8 Å². The van der Waals surface area contributed by atoms with Crippen molar-refractivity contribution >= 4 is 10.9 Å². The Bertz CT molecular complexity index is 485. The first-order valence-corrected chi connectivity index (χ1v) is 5.02. The van der Waals surface area contributed by atoms with Crippen LogP contribution in [0.15, 0.2) is 30.5 Å². The summed E-state index contributed by atoms with van der Waals surface area (Å²) in [5, 5.41) is 11.2. The molecule has 3 heteroatoms. The van der Waals surface area contributed by atoms with Crippen molar-refractivity contribution in [3.63, 3.8) is 0 Å². The van der Waals surface area contributed by atoms with Crippen LogP contribution in [0.1, 0.15) is 12.5 Å². The second-order valence-corrected chi connectivity index (χ2v) is 4.18. The fourth-order valence-corrected chi connectivity index (χ4v) is 1.73. The zero-order valence-corrected chi connectivity index (χ0v) is 9.07. The molecule has 0 spiro atoms. The van der Waals surface area contributed by atoms with E-state index in [9.17, 15) is 5.11 Å². The quantitative estimate of drug-likeness (QED) is 0.775. The van der Waals surface area contributed by atoms with E-state index in [4.69, 9.17) is 5.73 Å². The minimum Gasteiger partial charge on any atom is -0.384 e. The maximum Gasteiger partial charge on any atom is 0.0990 e. The highest BCUT2D eigenvalue weighted by atomic mass is 16.3. The number of nitrogens with zero attached hydrogens (tertiary/aromatic N) is 1. The highest BCUT2D eigenvalue weighted by molar-refractivity contribution is 5.81. The van der Waals surface area contributed by atoms with E-state index in [0.29, 0.717) is 0 Å². The number of benzene rings is 1. The monoisotopic (exact) mass is 204 g/mol. The van der Waals surface area contributed by atoms with Crippen LogP contribution in [0.3, 0.4) is 0 Å². The fraction of sp³-hybridized carbons (Fsp3) is 0.333. The highest BCUT2D eigenvalue weighted by Crippen LogP contribution is 2.24. The number of aromatic nitrogens is 1. The summed E-state index contributed by atoms with van der Waals surface area (Å²) < 4.78 is 2.05. The van der Waals surface area contributed by atoms with Crippen LogP contribution >= 0.6 is 0 Å². The lowest BCUT2D eigenvalue weighted by molar-refractivity contribution is 0.0670. The predicted octanol–water partition coefficient (Wildman–Crippen LogP) is 1.34. The summed E-state index contributed by atoms with van der Waals surface area (Å²) in [7, 11) is 2.00. The van der Waals surface area contributed by atoms with E-state index in [-0.39, 0.29) is 6.54 Å². The molecule has 1 aromatic carbocycles. The van der Waals surface area contributed by atoms with Crippen molar-refractivity contribution in [1.29, 1.82) is 0 Å². The summed E-state index contributed by atoms with van der Waals surface area (Å²) >= 11 is 0. The van der Waals surface area contributed by atoms with E-state index >= 15 is 0 Å². The van der Waals surface area contributed by atoms with Crippen molar-refractivity contribution in [1.82, 2.24) is 4.57 Å². The average molecular weight is 204 g/mol. The van der Waals surface area contributed by atoms with E-state index in [0.717, 1.165) is 16.5 Å². The Balaban J connectivity index is 2.57. The average Bonchev–Trinajstić information content (AvgIpc) is 2.60. The van der Waals surface area contributed by atoms with Crippen molar-refractivity contribution in [3.8, 4) is 0 Å². The van der Waals surface area contributed by atoms with Crippen LogP contribution in [0.2, 0.25) is 0 Å². The summed E-state index contributed by atoms with van der Waals surface area (Å²) in [6.45, 7) is 1.96. The molecule has 80 valence electrons. The van der Waals surface area contributed by atoms with Gasteiger partial charge < -0.3 is 15.4 Å². The molecule has 1 aromatic heterocycles. The Labute approximate surface area is 89.1 Å². The van der Waals surface area contributed by atoms with Gasteiger partial charge in [0.25, 0.3) is 0 Å². The summed E-state index contributed by atoms with van der Waals surface area (Å²) in [4.78, 5) is 0. The van der Waals surface area contributed by atoms with Gasteiger partial charge in [-0.05, 0) is 36.1 Å². The van der Waals surface area contributed by atoms with Gasteiger partial charge in [0.05, 0.1) is 5.60 Å². The molecular formula is C12H16N2O. The molecule has 0 aliphatic rings. The summed E-state index contributed by atoms with van der Waals surface area (Å²) in [5.74, 6) is 0. The molecule has 0 bridgehead atoms. The topological polar surface area (TPSA) is 51.2 Å². The van der Waals surface area contributed by atoms with E-state index in [1.807, 2.05) is 37.5 Å². The first kappa shape index (κ1) is 10.2. The largest absolute Gasteiger partial charge is 0.384 e. The first-order chi connectivity index (χ1) is 7.04. The zero-order valence-electron chi connectivity index (χ0n) is 9.07. The van der Waals surface area contributed by atoms with Gasteiger partial charge in [-0.1, -0.05) is 6.07 Å². The van der Waals surface area contributed by atoms with Gasteiger partial charge in [0.1, 0.15) is 0 Å². The van der Waals surface area contributed by atoms with Crippen molar-refractivity contribution < 1.29 is 5.11 Å². The summed E-state index contributed by atoms with van der Waals surface area (Å²) in [6, 6.07) is 7.96. The third-order valence-corrected chi connectivity index (χ3v) is 2.90. The SMILES string of the molecule is Cn1ccc2cc(C(C)(O)CN)ccc21. The lowest BCUT2D eigenvalue weighted by Gasteiger charge is -2.21. The van der Waals surface area contributed by atoms with Crippen LogP contribution in [0.4, 0.5) is 0 Å². The molecular weight excluding hydrogens is 188 g/mol. The van der Waals surface area contributed by atoms with Crippen molar-refractivity contribution in [2.45, 2.75) is 12.5 Å². The number of fused-ring (bicyclic) bond motifs is 1. The van der Waals surface area contributed by atoms with E-state index < -0.39 is 5.60 Å². The predicted molar refractivity (Wildman–Crippen MR) is 61.5 cm³/mol. The number of aliphatic hydroxyl groups is 1. The van der Waals surface area contributed by atoms with Gasteiger partial charge in [-0.2, -0.15) is 0 Å². The zero-order chi connectivity index (χ0) is 11.1. The number of rotatable bonds is 2. The lowest BCUT2D eigenvalue weighted by atomic mass is 9.95. The minimum absolute atomic E-state index is 0.228. The molecule has 2 aromatic rings. The standard InChI is InChI=1S/C12H16N2O/c1-12(15,8-13)10-3-4-11-9(7-10)5-6-14(11)2/h3-7,15H,8,13H2,1-2H3. The van der Waals surface area contributed by atoms with Gasteiger partial charge in [-0.3, -0.25) is 0 Å². The van der Waals surface area contributed by atoms with Crippen molar-refractivity contribution in [3.05, 3.63) is 36.0 Å². The van der Waals surface area contributed by atoms with Crippen molar-refractivity contribution in [2.75, 3.05) is 6.54 Å². The normalized spacial score (nSPS) is 15.5. The van der Waals surface area contributed by atoms with Crippen LogP contribution in [0.5, 0.6) is 0 Å². The van der Waals surface area contributed by atoms with Gasteiger partial charge in [-0.25, -0.2) is 0 Å². The molecule has 2 rings (SSSR count). The lowest BCUT2D eigenvalue weighted by Crippen LogP contribution is -2.31. The van der Waals surface area contributed by atoms with Gasteiger partial charge in [-0.15, -0.1) is 0 Å². The van der Waals surface area contributed by atoms with Gasteiger partial charge >= 0.3 is 0 Å². The fourth-order valence-electron chi connectivity index (χ4n) is 1.73. The summed E-state index contributed by atoms with van der Waals surface area (Å²) in [6.07, 6.45) is 2.01. The molecule has 0 aliphatic heterocycles. The third-order valence-electron chi connectivity index (χ3n) is 2.90. The molecule has 0 saturated carbocycles. The smallest absolute Gasteiger partial charge is 0.0990 e. The number of hydrogen-bond acceptors (Lipinski definition) is 2. The molecule has 3 N–H and O–H groups in total. The molecule has 0 amide bonds. The molecule has 3 nitrogen and oxygen atoms in total. The van der Waals surface area contributed by atoms with Crippen LogP contribution in [0, 0.1) is 0 Å². The van der Waals surface area contributed by atoms with Gasteiger partial charge in [0, 0.05) is 25.3 Å². The number of nitrogens with two attached hydrogens (primary N) is 1. The molecule has 0 radical (unpaired) electrons. The summed E-state index contributed by atoms with van der Waals surface area (Å²) in [5.41, 5.74) is 6.62. The highest BCUT2D eigenvalue weighted by Gasteiger charge is 2.21. The Kier molecular flexibility index (Phi) is 2.29. The molecule has 0 aliphatic carbocycles. The van der Waals surface area contributed by atoms with E-state index in [1.165, 1.54) is 0 Å². The Hall–Kier alpha value is -1.32.